The molecule has 1 amide bonds. The molecule has 4 rings (SSSR count). The zero-order valence-electron chi connectivity index (χ0n) is 13.9. The lowest BCUT2D eigenvalue weighted by molar-refractivity contribution is 0.0935. The highest BCUT2D eigenvalue weighted by Gasteiger charge is 2.26. The highest BCUT2D eigenvalue weighted by molar-refractivity contribution is 6.30. The molecule has 6 heteroatoms. The summed E-state index contributed by atoms with van der Waals surface area (Å²) >= 11 is 6.07. The molecular formula is C19H20ClN3O2. The van der Waals surface area contributed by atoms with Crippen LogP contribution < -0.4 is 10.2 Å². The Morgan fingerprint density at radius 2 is 2.12 bits per heavy atom. The fourth-order valence-electron chi connectivity index (χ4n) is 3.57. The minimum absolute atomic E-state index is 0.0255. The Labute approximate surface area is 152 Å². The zero-order chi connectivity index (χ0) is 17.2. The quantitative estimate of drug-likeness (QED) is 0.917. The molecule has 0 bridgehead atoms. The summed E-state index contributed by atoms with van der Waals surface area (Å²) in [6.45, 7) is 2.83. The summed E-state index contributed by atoms with van der Waals surface area (Å²) in [5.74, 6) is 0.653. The van der Waals surface area contributed by atoms with Crippen LogP contribution in [-0.4, -0.2) is 37.2 Å². The molecule has 1 aliphatic carbocycles. The van der Waals surface area contributed by atoms with Crippen LogP contribution in [0.5, 0.6) is 0 Å². The number of ether oxygens (including phenoxy) is 1. The molecule has 0 spiro atoms. The first-order chi connectivity index (χ1) is 12.2. The number of nitrogens with zero attached hydrogens (tertiary/aromatic N) is 2. The Morgan fingerprint density at radius 3 is 2.96 bits per heavy atom. The number of benzene rings is 1. The van der Waals surface area contributed by atoms with Crippen molar-refractivity contribution in [3.05, 3.63) is 58.2 Å². The van der Waals surface area contributed by atoms with Gasteiger partial charge in [0.25, 0.3) is 5.91 Å². The summed E-state index contributed by atoms with van der Waals surface area (Å²) in [6, 6.07) is 9.56. The molecule has 0 saturated carbocycles. The molecule has 25 heavy (non-hydrogen) atoms. The maximum Gasteiger partial charge on any atom is 0.255 e. The predicted molar refractivity (Wildman–Crippen MR) is 97.2 cm³/mol. The first-order valence-corrected chi connectivity index (χ1v) is 8.97. The van der Waals surface area contributed by atoms with E-state index in [1.54, 1.807) is 12.3 Å². The highest BCUT2D eigenvalue weighted by Crippen LogP contribution is 2.33. The van der Waals surface area contributed by atoms with Crippen LogP contribution in [0.15, 0.2) is 36.5 Å². The fourth-order valence-corrected chi connectivity index (χ4v) is 3.77. The van der Waals surface area contributed by atoms with E-state index in [-0.39, 0.29) is 11.9 Å². The Morgan fingerprint density at radius 1 is 1.28 bits per heavy atom. The second-order valence-electron chi connectivity index (χ2n) is 6.38. The monoisotopic (exact) mass is 357 g/mol. The van der Waals surface area contributed by atoms with E-state index in [0.29, 0.717) is 18.8 Å². The lowest BCUT2D eigenvalue weighted by Crippen LogP contribution is -2.38. The van der Waals surface area contributed by atoms with Crippen LogP contribution in [-0.2, 0) is 11.2 Å². The SMILES string of the molecule is O=C(NC1CCc2cc(Cl)ccc21)c1cccnc1N1CCOCC1. The van der Waals surface area contributed by atoms with Crippen LogP contribution in [0.2, 0.25) is 5.02 Å². The Balaban J connectivity index is 1.55. The van der Waals surface area contributed by atoms with Crippen LogP contribution in [0.4, 0.5) is 5.82 Å². The maximum absolute atomic E-state index is 12.9. The van der Waals surface area contributed by atoms with E-state index in [1.165, 1.54) is 5.56 Å². The number of pyridine rings is 1. The molecule has 2 aliphatic rings. The molecule has 2 heterocycles. The molecule has 5 nitrogen and oxygen atoms in total. The van der Waals surface area contributed by atoms with Crippen LogP contribution in [0.25, 0.3) is 0 Å². The van der Waals surface area contributed by atoms with Crippen molar-refractivity contribution in [3.8, 4) is 0 Å². The minimum atomic E-state index is -0.0811. The maximum atomic E-state index is 12.9. The van der Waals surface area contributed by atoms with E-state index in [1.807, 2.05) is 24.3 Å². The van der Waals surface area contributed by atoms with Crippen molar-refractivity contribution >= 4 is 23.3 Å². The van der Waals surface area contributed by atoms with E-state index in [4.69, 9.17) is 16.3 Å². The molecule has 1 fully saturated rings. The predicted octanol–water partition coefficient (Wildman–Crippen LogP) is 2.99. The zero-order valence-corrected chi connectivity index (χ0v) is 14.6. The number of hydrogen-bond donors (Lipinski definition) is 1. The van der Waals surface area contributed by atoms with Crippen LogP contribution in [0, 0.1) is 0 Å². The van der Waals surface area contributed by atoms with Crippen LogP contribution in [0.1, 0.15) is 33.9 Å². The van der Waals surface area contributed by atoms with Gasteiger partial charge in [-0.1, -0.05) is 17.7 Å². The number of anilines is 1. The summed E-state index contributed by atoms with van der Waals surface area (Å²) < 4.78 is 5.40. The molecule has 1 aliphatic heterocycles. The summed E-state index contributed by atoms with van der Waals surface area (Å²) in [5.41, 5.74) is 3.00. The van der Waals surface area contributed by atoms with Crippen molar-refractivity contribution in [3.63, 3.8) is 0 Å². The molecule has 2 aromatic rings. The summed E-state index contributed by atoms with van der Waals surface area (Å²) in [7, 11) is 0. The van der Waals surface area contributed by atoms with Gasteiger partial charge in [-0.2, -0.15) is 0 Å². The second-order valence-corrected chi connectivity index (χ2v) is 6.82. The number of aryl methyl sites for hydroxylation is 1. The van der Waals surface area contributed by atoms with Crippen molar-refractivity contribution < 1.29 is 9.53 Å². The van der Waals surface area contributed by atoms with Crippen molar-refractivity contribution in [2.24, 2.45) is 0 Å². The number of aromatic nitrogens is 1. The number of morpholine rings is 1. The van der Waals surface area contributed by atoms with Crippen LogP contribution >= 0.6 is 11.6 Å². The third-order valence-electron chi connectivity index (χ3n) is 4.83. The summed E-state index contributed by atoms with van der Waals surface area (Å²) in [4.78, 5) is 19.5. The number of amides is 1. The van der Waals surface area contributed by atoms with E-state index in [9.17, 15) is 4.79 Å². The van der Waals surface area contributed by atoms with Crippen LogP contribution in [0.3, 0.4) is 0 Å². The molecule has 1 aromatic heterocycles. The summed E-state index contributed by atoms with van der Waals surface area (Å²) in [6.07, 6.45) is 3.56. The molecule has 1 unspecified atom stereocenters. The normalized spacial score (nSPS) is 19.6. The van der Waals surface area contributed by atoms with Gasteiger partial charge in [-0.25, -0.2) is 4.98 Å². The standard InChI is InChI=1S/C19H20ClN3O2/c20-14-4-5-15-13(12-14)3-6-17(15)22-19(24)16-2-1-7-21-18(16)23-8-10-25-11-9-23/h1-2,4-5,7,12,17H,3,6,8-11H2,(H,22,24). The molecular weight excluding hydrogens is 338 g/mol. The molecule has 1 N–H and O–H groups in total. The number of carbonyl (C=O) groups is 1. The number of rotatable bonds is 3. The molecule has 1 aromatic carbocycles. The third-order valence-corrected chi connectivity index (χ3v) is 5.07. The lowest BCUT2D eigenvalue weighted by atomic mass is 10.1. The molecule has 130 valence electrons. The Kier molecular flexibility index (Phi) is 4.59. The van der Waals surface area contributed by atoms with Crippen molar-refractivity contribution in [2.75, 3.05) is 31.2 Å². The van der Waals surface area contributed by atoms with E-state index >= 15 is 0 Å². The van der Waals surface area contributed by atoms with Gasteiger partial charge < -0.3 is 15.0 Å². The first kappa shape index (κ1) is 16.4. The number of halogens is 1. The molecule has 0 radical (unpaired) electrons. The minimum Gasteiger partial charge on any atom is -0.378 e. The number of hydrogen-bond acceptors (Lipinski definition) is 4. The van der Waals surface area contributed by atoms with Crippen molar-refractivity contribution in [2.45, 2.75) is 18.9 Å². The van der Waals surface area contributed by atoms with Gasteiger partial charge in [0.05, 0.1) is 24.8 Å². The third kappa shape index (κ3) is 3.34. The van der Waals surface area contributed by atoms with E-state index in [2.05, 4.69) is 15.2 Å². The Bertz CT molecular complexity index is 790. The number of nitrogens with one attached hydrogen (secondary N) is 1. The van der Waals surface area contributed by atoms with Gasteiger partial charge in [0, 0.05) is 24.3 Å². The van der Waals surface area contributed by atoms with Crippen molar-refractivity contribution in [1.29, 1.82) is 0 Å². The van der Waals surface area contributed by atoms with E-state index < -0.39 is 0 Å². The Hall–Kier alpha value is -2.11. The van der Waals surface area contributed by atoms with E-state index in [0.717, 1.165) is 42.3 Å². The van der Waals surface area contributed by atoms with Gasteiger partial charge in [-0.3, -0.25) is 4.79 Å². The van der Waals surface area contributed by atoms with Gasteiger partial charge in [0.2, 0.25) is 0 Å². The average molecular weight is 358 g/mol. The highest BCUT2D eigenvalue weighted by atomic mass is 35.5. The second kappa shape index (κ2) is 7.02. The van der Waals surface area contributed by atoms with Gasteiger partial charge in [0.1, 0.15) is 5.82 Å². The average Bonchev–Trinajstić information content (AvgIpc) is 3.04. The molecule has 1 atom stereocenters. The summed E-state index contributed by atoms with van der Waals surface area (Å²) in [5, 5.41) is 3.91. The largest absolute Gasteiger partial charge is 0.378 e. The van der Waals surface area contributed by atoms with Gasteiger partial charge in [-0.15, -0.1) is 0 Å². The van der Waals surface area contributed by atoms with Crippen molar-refractivity contribution in [1.82, 2.24) is 10.3 Å². The smallest absolute Gasteiger partial charge is 0.255 e. The topological polar surface area (TPSA) is 54.5 Å². The molecule has 1 saturated heterocycles. The first-order valence-electron chi connectivity index (χ1n) is 8.59. The fraction of sp³-hybridized carbons (Fsp3) is 0.368. The van der Waals surface area contributed by atoms with Gasteiger partial charge >= 0.3 is 0 Å². The van der Waals surface area contributed by atoms with Gasteiger partial charge in [0.15, 0.2) is 0 Å². The number of carbonyl (C=O) groups excluding carboxylic acids is 1. The van der Waals surface area contributed by atoms with Gasteiger partial charge in [-0.05, 0) is 48.2 Å². The lowest BCUT2D eigenvalue weighted by Gasteiger charge is -2.29. The number of fused-ring (bicyclic) bond motifs is 1.